The number of alkyl halides is 1. The third-order valence-corrected chi connectivity index (χ3v) is 5.38. The molecule has 0 radical (unpaired) electrons. The van der Waals surface area contributed by atoms with Crippen LogP contribution in [0.15, 0.2) is 30.5 Å². The first-order valence-corrected chi connectivity index (χ1v) is 9.40. The maximum Gasteiger partial charge on any atom is 0.237 e. The Morgan fingerprint density at radius 3 is 3.07 bits per heavy atom. The van der Waals surface area contributed by atoms with Gasteiger partial charge >= 0.3 is 0 Å². The smallest absolute Gasteiger partial charge is 0.237 e. The lowest BCUT2D eigenvalue weighted by Gasteiger charge is -2.23. The van der Waals surface area contributed by atoms with Crippen molar-refractivity contribution in [1.82, 2.24) is 14.8 Å². The van der Waals surface area contributed by atoms with Crippen molar-refractivity contribution < 1.29 is 13.6 Å². The van der Waals surface area contributed by atoms with Crippen LogP contribution in [0.4, 0.5) is 14.5 Å². The highest BCUT2D eigenvalue weighted by Gasteiger charge is 2.36. The standard InChI is InChI=1S/C20H21F2N5O/c21-14-7-17(9-23)27(10-14)19(28)12-26-5-3-15(11-26)25-16-6-13-2-1-4-24-20(13)18(22)8-16/h1-2,4,6,8,14-15,17,25H,3,5,7,10-12H2/t14-,15-,17?/m0/s1. The topological polar surface area (TPSA) is 72.3 Å². The number of halogens is 2. The lowest BCUT2D eigenvalue weighted by molar-refractivity contribution is -0.132. The first kappa shape index (κ1) is 18.6. The van der Waals surface area contributed by atoms with E-state index in [0.717, 1.165) is 11.8 Å². The normalized spacial score (nSPS) is 25.2. The van der Waals surface area contributed by atoms with Crippen LogP contribution < -0.4 is 5.32 Å². The van der Waals surface area contributed by atoms with E-state index in [1.165, 1.54) is 11.0 Å². The van der Waals surface area contributed by atoms with Gasteiger partial charge in [-0.2, -0.15) is 5.26 Å². The van der Waals surface area contributed by atoms with Crippen LogP contribution in [0, 0.1) is 17.1 Å². The molecular formula is C20H21F2N5O. The number of benzene rings is 1. The number of rotatable bonds is 4. The molecule has 0 saturated carbocycles. The van der Waals surface area contributed by atoms with E-state index in [9.17, 15) is 13.6 Å². The minimum Gasteiger partial charge on any atom is -0.381 e. The molecule has 1 aromatic carbocycles. The molecule has 2 saturated heterocycles. The van der Waals surface area contributed by atoms with Gasteiger partial charge in [-0.15, -0.1) is 0 Å². The second kappa shape index (κ2) is 7.68. The first-order chi connectivity index (χ1) is 13.5. The van der Waals surface area contributed by atoms with E-state index in [2.05, 4.69) is 10.3 Å². The summed E-state index contributed by atoms with van der Waals surface area (Å²) >= 11 is 0. The van der Waals surface area contributed by atoms with Crippen LogP contribution in [0.1, 0.15) is 12.8 Å². The van der Waals surface area contributed by atoms with E-state index in [1.807, 2.05) is 23.1 Å². The van der Waals surface area contributed by atoms with Crippen molar-refractivity contribution in [2.45, 2.75) is 31.1 Å². The highest BCUT2D eigenvalue weighted by Crippen LogP contribution is 2.24. The van der Waals surface area contributed by atoms with Gasteiger partial charge in [0.05, 0.1) is 19.2 Å². The van der Waals surface area contributed by atoms with Crippen molar-refractivity contribution in [2.24, 2.45) is 0 Å². The highest BCUT2D eigenvalue weighted by atomic mass is 19.1. The Morgan fingerprint density at radius 2 is 2.25 bits per heavy atom. The molecule has 3 atom stereocenters. The van der Waals surface area contributed by atoms with Crippen LogP contribution in [-0.4, -0.2) is 65.1 Å². The number of hydrogen-bond donors (Lipinski definition) is 1. The monoisotopic (exact) mass is 385 g/mol. The molecule has 1 N–H and O–H groups in total. The fourth-order valence-electron chi connectivity index (χ4n) is 4.03. The lowest BCUT2D eigenvalue weighted by atomic mass is 10.1. The number of likely N-dealkylation sites (tertiary alicyclic amines) is 2. The first-order valence-electron chi connectivity index (χ1n) is 9.40. The molecule has 2 fully saturated rings. The van der Waals surface area contributed by atoms with Crippen molar-refractivity contribution in [1.29, 1.82) is 5.26 Å². The van der Waals surface area contributed by atoms with Gasteiger partial charge in [-0.1, -0.05) is 6.07 Å². The van der Waals surface area contributed by atoms with Crippen molar-refractivity contribution in [3.63, 3.8) is 0 Å². The maximum atomic E-state index is 14.2. The molecule has 1 amide bonds. The summed E-state index contributed by atoms with van der Waals surface area (Å²) in [6, 6.07) is 8.30. The zero-order valence-corrected chi connectivity index (χ0v) is 15.3. The van der Waals surface area contributed by atoms with Gasteiger partial charge in [-0.3, -0.25) is 14.7 Å². The van der Waals surface area contributed by atoms with E-state index in [0.29, 0.717) is 24.3 Å². The average Bonchev–Trinajstić information content (AvgIpc) is 3.27. The number of nitriles is 1. The Labute approximate surface area is 161 Å². The Morgan fingerprint density at radius 1 is 1.39 bits per heavy atom. The van der Waals surface area contributed by atoms with Gasteiger partial charge in [0, 0.05) is 42.8 Å². The summed E-state index contributed by atoms with van der Waals surface area (Å²) in [5.41, 5.74) is 1.02. The molecule has 1 aromatic heterocycles. The molecular weight excluding hydrogens is 364 g/mol. The second-order valence-corrected chi connectivity index (χ2v) is 7.42. The fraction of sp³-hybridized carbons (Fsp3) is 0.450. The van der Waals surface area contributed by atoms with Crippen molar-refractivity contribution in [2.75, 3.05) is 31.5 Å². The Hall–Kier alpha value is -2.79. The Bertz CT molecular complexity index is 930. The van der Waals surface area contributed by atoms with E-state index in [4.69, 9.17) is 5.26 Å². The summed E-state index contributed by atoms with van der Waals surface area (Å²) in [5, 5.41) is 13.2. The third-order valence-electron chi connectivity index (χ3n) is 5.38. The molecule has 0 aliphatic carbocycles. The van der Waals surface area contributed by atoms with Crippen molar-refractivity contribution in [3.8, 4) is 6.07 Å². The number of aromatic nitrogens is 1. The van der Waals surface area contributed by atoms with Crippen LogP contribution in [-0.2, 0) is 4.79 Å². The zero-order chi connectivity index (χ0) is 19.7. The highest BCUT2D eigenvalue weighted by molar-refractivity contribution is 5.83. The summed E-state index contributed by atoms with van der Waals surface area (Å²) in [5.74, 6) is -0.585. The van der Waals surface area contributed by atoms with E-state index >= 15 is 0 Å². The zero-order valence-electron chi connectivity index (χ0n) is 15.3. The molecule has 4 rings (SSSR count). The number of hydrogen-bond acceptors (Lipinski definition) is 5. The molecule has 0 spiro atoms. The van der Waals surface area contributed by atoms with Gasteiger partial charge in [0.2, 0.25) is 5.91 Å². The third kappa shape index (κ3) is 3.76. The Kier molecular flexibility index (Phi) is 5.09. The molecule has 8 heteroatoms. The summed E-state index contributed by atoms with van der Waals surface area (Å²) < 4.78 is 27.8. The van der Waals surface area contributed by atoms with Crippen molar-refractivity contribution >= 4 is 22.5 Å². The molecule has 2 aliphatic rings. The number of carbonyl (C=O) groups is 1. The van der Waals surface area contributed by atoms with Gasteiger partial charge in [-0.25, -0.2) is 8.78 Å². The average molecular weight is 385 g/mol. The quantitative estimate of drug-likeness (QED) is 0.875. The van der Waals surface area contributed by atoms with Gasteiger partial charge in [0.1, 0.15) is 17.7 Å². The molecule has 2 aliphatic heterocycles. The predicted octanol–water partition coefficient (Wildman–Crippen LogP) is 2.32. The molecule has 28 heavy (non-hydrogen) atoms. The van der Waals surface area contributed by atoms with Crippen LogP contribution >= 0.6 is 0 Å². The fourth-order valence-corrected chi connectivity index (χ4v) is 4.03. The number of fused-ring (bicyclic) bond motifs is 1. The minimum atomic E-state index is -1.13. The largest absolute Gasteiger partial charge is 0.381 e. The molecule has 146 valence electrons. The molecule has 6 nitrogen and oxygen atoms in total. The van der Waals surface area contributed by atoms with Crippen LogP contribution in [0.5, 0.6) is 0 Å². The summed E-state index contributed by atoms with van der Waals surface area (Å²) in [6.07, 6.45) is 1.34. The van der Waals surface area contributed by atoms with Gasteiger partial charge in [0.25, 0.3) is 0 Å². The molecule has 3 heterocycles. The van der Waals surface area contributed by atoms with Gasteiger partial charge in [-0.05, 0) is 24.6 Å². The second-order valence-electron chi connectivity index (χ2n) is 7.42. The number of nitrogens with one attached hydrogen (secondary N) is 1. The number of anilines is 1. The van der Waals surface area contributed by atoms with Crippen LogP contribution in [0.3, 0.4) is 0 Å². The van der Waals surface area contributed by atoms with E-state index < -0.39 is 12.2 Å². The minimum absolute atomic E-state index is 0.00300. The molecule has 0 bridgehead atoms. The number of carbonyl (C=O) groups excluding carboxylic acids is 1. The van der Waals surface area contributed by atoms with E-state index in [-0.39, 0.29) is 37.3 Å². The van der Waals surface area contributed by atoms with Crippen LogP contribution in [0.25, 0.3) is 10.9 Å². The maximum absolute atomic E-state index is 14.2. The number of nitrogens with zero attached hydrogens (tertiary/aromatic N) is 4. The SMILES string of the molecule is N#CC1C[C@H](F)CN1C(=O)CN1CC[C@H](Nc2cc(F)c3ncccc3c2)C1. The Balaban J connectivity index is 1.36. The summed E-state index contributed by atoms with van der Waals surface area (Å²) in [4.78, 5) is 19.8. The number of amides is 1. The van der Waals surface area contributed by atoms with Gasteiger partial charge < -0.3 is 10.2 Å². The predicted molar refractivity (Wildman–Crippen MR) is 101 cm³/mol. The van der Waals surface area contributed by atoms with E-state index in [1.54, 1.807) is 12.3 Å². The summed E-state index contributed by atoms with van der Waals surface area (Å²) in [6.45, 7) is 1.50. The molecule has 2 aromatic rings. The van der Waals surface area contributed by atoms with Crippen molar-refractivity contribution in [3.05, 3.63) is 36.3 Å². The van der Waals surface area contributed by atoms with Gasteiger partial charge in [0.15, 0.2) is 5.82 Å². The number of pyridine rings is 1. The van der Waals surface area contributed by atoms with Crippen LogP contribution in [0.2, 0.25) is 0 Å². The lowest BCUT2D eigenvalue weighted by Crippen LogP contribution is -2.42. The molecule has 1 unspecified atom stereocenters. The summed E-state index contributed by atoms with van der Waals surface area (Å²) in [7, 11) is 0.